The molecule has 0 fully saturated rings. The number of thioether (sulfide) groups is 1. The van der Waals surface area contributed by atoms with E-state index in [-0.39, 0.29) is 12.1 Å². The van der Waals surface area contributed by atoms with Crippen LogP contribution in [0.25, 0.3) is 0 Å². The summed E-state index contributed by atoms with van der Waals surface area (Å²) >= 11 is -1.27. The van der Waals surface area contributed by atoms with Gasteiger partial charge in [-0.1, -0.05) is 0 Å². The Labute approximate surface area is 108 Å². The normalized spacial score (nSPS) is 13.7. The van der Waals surface area contributed by atoms with Crippen LogP contribution in [0.4, 0.5) is 43.9 Å². The van der Waals surface area contributed by atoms with Crippen molar-refractivity contribution in [2.24, 2.45) is 0 Å². The monoisotopic (exact) mass is 332 g/mol. The van der Waals surface area contributed by atoms with Crippen molar-refractivity contribution in [3.05, 3.63) is 29.1 Å². The molecule has 0 amide bonds. The summed E-state index contributed by atoms with van der Waals surface area (Å²) in [7, 11) is 0. The molecule has 0 saturated heterocycles. The van der Waals surface area contributed by atoms with Gasteiger partial charge in [0.2, 0.25) is 0 Å². The molecular weight excluding hydrogens is 330 g/mol. The molecule has 0 N–H and O–H groups in total. The molecule has 0 nitrogen and oxygen atoms in total. The molecule has 11 heteroatoms. The summed E-state index contributed by atoms with van der Waals surface area (Å²) in [6, 6.07) is -0.231. The van der Waals surface area contributed by atoms with Crippen molar-refractivity contribution in [2.45, 2.75) is 22.8 Å². The molecule has 20 heavy (non-hydrogen) atoms. The summed E-state index contributed by atoms with van der Waals surface area (Å²) in [6.07, 6.45) is -11.3. The molecule has 114 valence electrons. The van der Waals surface area contributed by atoms with E-state index in [4.69, 9.17) is 0 Å². The Bertz CT molecular complexity index is 495. The van der Waals surface area contributed by atoms with Crippen molar-refractivity contribution in [1.82, 2.24) is 0 Å². The van der Waals surface area contributed by atoms with Gasteiger partial charge in [0.05, 0.1) is 10.5 Å². The van der Waals surface area contributed by atoms with Gasteiger partial charge in [-0.2, -0.15) is 39.5 Å². The van der Waals surface area contributed by atoms with E-state index in [0.29, 0.717) is 0 Å². The number of alkyl halides is 9. The quantitative estimate of drug-likeness (QED) is 0.485. The number of hydrogen-bond acceptors (Lipinski definition) is 1. The Balaban J connectivity index is 3.52. The van der Waals surface area contributed by atoms with E-state index in [2.05, 4.69) is 0 Å². The number of hydrogen-bond donors (Lipinski definition) is 0. The minimum absolute atomic E-state index is 0.00551. The lowest BCUT2D eigenvalue weighted by molar-refractivity contribution is -0.164. The topological polar surface area (TPSA) is 0 Å². The van der Waals surface area contributed by atoms with Crippen molar-refractivity contribution in [3.63, 3.8) is 0 Å². The van der Waals surface area contributed by atoms with Gasteiger partial charge in [-0.05, 0) is 23.9 Å². The predicted molar refractivity (Wildman–Crippen MR) is 48.3 cm³/mol. The highest BCUT2D eigenvalue weighted by Crippen LogP contribution is 2.46. The lowest BCUT2D eigenvalue weighted by atomic mass is 10.1. The van der Waals surface area contributed by atoms with Crippen LogP contribution in [0.3, 0.4) is 0 Å². The smallest absolute Gasteiger partial charge is 0.205 e. The van der Waals surface area contributed by atoms with E-state index in [0.717, 1.165) is 0 Å². The standard InChI is InChI=1S/C9H2F10S/c10-6-4(20-9(17,18)19)2-1-3(7(11,12)13)5(6)8(14,15)16/h1-2H. The summed E-state index contributed by atoms with van der Waals surface area (Å²) in [5.41, 5.74) is -10.3. The fourth-order valence-electron chi connectivity index (χ4n) is 1.27. The zero-order valence-corrected chi connectivity index (χ0v) is 9.66. The summed E-state index contributed by atoms with van der Waals surface area (Å²) in [6.45, 7) is 0. The van der Waals surface area contributed by atoms with Gasteiger partial charge in [0.15, 0.2) is 0 Å². The fraction of sp³-hybridized carbons (Fsp3) is 0.333. The third-order valence-corrected chi connectivity index (χ3v) is 2.69. The van der Waals surface area contributed by atoms with Crippen molar-refractivity contribution < 1.29 is 43.9 Å². The van der Waals surface area contributed by atoms with Crippen LogP contribution in [0.5, 0.6) is 0 Å². The molecule has 1 aromatic rings. The molecule has 0 aliphatic carbocycles. The maximum atomic E-state index is 13.3. The van der Waals surface area contributed by atoms with Crippen LogP contribution < -0.4 is 0 Å². The second kappa shape index (κ2) is 5.01. The van der Waals surface area contributed by atoms with Crippen LogP contribution in [0.2, 0.25) is 0 Å². The van der Waals surface area contributed by atoms with Gasteiger partial charge in [-0.25, -0.2) is 4.39 Å². The van der Waals surface area contributed by atoms with Crippen LogP contribution in [0.15, 0.2) is 17.0 Å². The van der Waals surface area contributed by atoms with Gasteiger partial charge < -0.3 is 0 Å². The van der Waals surface area contributed by atoms with Gasteiger partial charge in [0.1, 0.15) is 11.4 Å². The van der Waals surface area contributed by atoms with E-state index in [1.165, 1.54) is 0 Å². The second-order valence-electron chi connectivity index (χ2n) is 3.34. The molecule has 0 radical (unpaired) electrons. The molecular formula is C9H2F10S. The molecule has 0 saturated carbocycles. The average molecular weight is 332 g/mol. The average Bonchev–Trinajstić information content (AvgIpc) is 2.15. The molecule has 0 spiro atoms. The summed E-state index contributed by atoms with van der Waals surface area (Å²) in [4.78, 5) is -1.59. The van der Waals surface area contributed by atoms with Crippen LogP contribution in [0.1, 0.15) is 11.1 Å². The zero-order valence-electron chi connectivity index (χ0n) is 8.84. The van der Waals surface area contributed by atoms with E-state index in [1.807, 2.05) is 0 Å². The molecule has 0 aromatic heterocycles. The van der Waals surface area contributed by atoms with Crippen molar-refractivity contribution in [2.75, 3.05) is 0 Å². The highest BCUT2D eigenvalue weighted by molar-refractivity contribution is 8.00. The third kappa shape index (κ3) is 3.93. The predicted octanol–water partition coefficient (Wildman–Crippen LogP) is 5.48. The van der Waals surface area contributed by atoms with Gasteiger partial charge in [0.25, 0.3) is 0 Å². The molecule has 1 rings (SSSR count). The first-order valence-corrected chi connectivity index (χ1v) is 5.28. The molecule has 0 atom stereocenters. The van der Waals surface area contributed by atoms with E-state index >= 15 is 0 Å². The van der Waals surface area contributed by atoms with Gasteiger partial charge in [-0.3, -0.25) is 0 Å². The third-order valence-electron chi connectivity index (χ3n) is 1.92. The zero-order chi connectivity index (χ0) is 15.9. The molecule has 0 aliphatic rings. The van der Waals surface area contributed by atoms with E-state index < -0.39 is 51.5 Å². The maximum absolute atomic E-state index is 13.3. The molecule has 1 aromatic carbocycles. The Morgan fingerprint density at radius 3 is 1.60 bits per heavy atom. The summed E-state index contributed by atoms with van der Waals surface area (Å²) in [5, 5.41) is 0. The first-order valence-electron chi connectivity index (χ1n) is 4.46. The highest BCUT2D eigenvalue weighted by Gasteiger charge is 2.47. The number of rotatable bonds is 1. The van der Waals surface area contributed by atoms with Crippen LogP contribution >= 0.6 is 11.8 Å². The molecule has 0 unspecified atom stereocenters. The fourth-order valence-corrected chi connectivity index (χ4v) is 1.85. The van der Waals surface area contributed by atoms with Crippen LogP contribution in [-0.2, 0) is 12.4 Å². The van der Waals surface area contributed by atoms with Crippen molar-refractivity contribution in [3.8, 4) is 0 Å². The lowest BCUT2D eigenvalue weighted by Gasteiger charge is -2.18. The first kappa shape index (κ1) is 16.9. The minimum atomic E-state index is -5.78. The van der Waals surface area contributed by atoms with Crippen LogP contribution in [-0.4, -0.2) is 5.51 Å². The van der Waals surface area contributed by atoms with Gasteiger partial charge in [0, 0.05) is 0 Å². The Hall–Kier alpha value is -1.13. The Kier molecular flexibility index (Phi) is 4.24. The van der Waals surface area contributed by atoms with Crippen molar-refractivity contribution in [1.29, 1.82) is 0 Å². The van der Waals surface area contributed by atoms with E-state index in [9.17, 15) is 43.9 Å². The second-order valence-corrected chi connectivity index (χ2v) is 4.45. The highest BCUT2D eigenvalue weighted by atomic mass is 32.2. The summed E-state index contributed by atoms with van der Waals surface area (Å²) < 4.78 is 124. The molecule has 0 bridgehead atoms. The lowest BCUT2D eigenvalue weighted by Crippen LogP contribution is -2.19. The van der Waals surface area contributed by atoms with Gasteiger partial charge in [-0.15, -0.1) is 0 Å². The molecule has 0 heterocycles. The Morgan fingerprint density at radius 1 is 0.750 bits per heavy atom. The SMILES string of the molecule is Fc1c(SC(F)(F)F)ccc(C(F)(F)F)c1C(F)(F)F. The van der Waals surface area contributed by atoms with Crippen LogP contribution in [0, 0.1) is 5.82 Å². The number of benzene rings is 1. The Morgan fingerprint density at radius 2 is 1.25 bits per heavy atom. The maximum Gasteiger partial charge on any atom is 0.446 e. The largest absolute Gasteiger partial charge is 0.446 e. The molecule has 0 aliphatic heterocycles. The first-order chi connectivity index (χ1) is 8.73. The van der Waals surface area contributed by atoms with Crippen molar-refractivity contribution >= 4 is 11.8 Å². The summed E-state index contributed by atoms with van der Waals surface area (Å²) in [5.74, 6) is -2.60. The van der Waals surface area contributed by atoms with Gasteiger partial charge >= 0.3 is 17.9 Å². The van der Waals surface area contributed by atoms with E-state index in [1.54, 1.807) is 0 Å². The number of halogens is 10. The minimum Gasteiger partial charge on any atom is -0.205 e.